The summed E-state index contributed by atoms with van der Waals surface area (Å²) in [5.41, 5.74) is 6.71. The Morgan fingerprint density at radius 2 is 1.10 bits per heavy atom. The minimum atomic E-state index is -1.16. The maximum absolute atomic E-state index is 15.1. The molecule has 0 radical (unpaired) electrons. The normalized spacial score (nSPS) is 15.2. The second kappa shape index (κ2) is 20.9. The number of thiazole rings is 2. The second-order valence-corrected chi connectivity index (χ2v) is 18.2. The van der Waals surface area contributed by atoms with Crippen molar-refractivity contribution < 1.29 is 33.6 Å². The van der Waals surface area contributed by atoms with Crippen LogP contribution in [0.2, 0.25) is 10.0 Å². The van der Waals surface area contributed by atoms with E-state index < -0.39 is 23.8 Å². The molecule has 4 N–H and O–H groups in total. The standard InChI is InChI=1S/C24H23ClFN5O2S.C23H20ClFN4O3S/c1-27-11-14-12-34-24(30-14)23(32)17-9-18(20(26)10-19(17)25)22-16-3-2-15(8-21(16)28-13-29-22)31-4-6-33-7-5-31;24-18-9-19(25)17(8-16(18)22(31)23-28-13(10-30)11-33-23)21-15-2-1-14(7-20(15)26-12-27-21)29-3-5-32-6-4-29/h2-3,8-10,12-13,23,27,32H,4-7,11H2,1H3;1-2,7-9,11-12,22,30-31H,3-6,10H2. The fourth-order valence-electron chi connectivity index (χ4n) is 7.97. The van der Waals surface area contributed by atoms with Crippen molar-refractivity contribution >= 4 is 79.1 Å². The van der Waals surface area contributed by atoms with Crippen LogP contribution in [0.4, 0.5) is 20.2 Å². The van der Waals surface area contributed by atoms with Crippen molar-refractivity contribution in [2.24, 2.45) is 0 Å². The highest BCUT2D eigenvalue weighted by Crippen LogP contribution is 2.39. The SMILES string of the molecule is CNCc1csc(C(O)c2cc(-c3ncnc4cc(N5CCOCC5)ccc34)c(F)cc2Cl)n1.OCc1csc(C(O)c2cc(-c3ncnc4cc(N5CCOCC5)ccc34)c(F)cc2Cl)n1. The van der Waals surface area contributed by atoms with Crippen LogP contribution in [0.15, 0.2) is 84.1 Å². The van der Waals surface area contributed by atoms with Gasteiger partial charge in [-0.1, -0.05) is 23.2 Å². The summed E-state index contributed by atoms with van der Waals surface area (Å²) in [5, 5.41) is 40.1. The number of aromatic nitrogens is 6. The number of nitrogens with zero attached hydrogens (tertiary/aromatic N) is 8. The molecule has 4 aromatic heterocycles. The third-order valence-corrected chi connectivity index (χ3v) is 13.9. The van der Waals surface area contributed by atoms with Gasteiger partial charge in [0.1, 0.15) is 46.5 Å². The van der Waals surface area contributed by atoms with Crippen molar-refractivity contribution in [2.75, 3.05) is 69.5 Å². The van der Waals surface area contributed by atoms with Gasteiger partial charge in [-0.2, -0.15) is 0 Å². The molecule has 2 atom stereocenters. The van der Waals surface area contributed by atoms with Crippen molar-refractivity contribution in [3.8, 4) is 22.5 Å². The van der Waals surface area contributed by atoms with Crippen molar-refractivity contribution in [3.63, 3.8) is 0 Å². The summed E-state index contributed by atoms with van der Waals surface area (Å²) in [5.74, 6) is -1.07. The van der Waals surface area contributed by atoms with Crippen molar-refractivity contribution in [1.29, 1.82) is 0 Å². The van der Waals surface area contributed by atoms with Crippen LogP contribution in [-0.2, 0) is 22.6 Å². The molecule has 10 rings (SSSR count). The van der Waals surface area contributed by atoms with E-state index in [-0.39, 0.29) is 27.8 Å². The summed E-state index contributed by atoms with van der Waals surface area (Å²) < 4.78 is 41.0. The number of aliphatic hydroxyl groups excluding tert-OH is 3. The average Bonchev–Trinajstić information content (AvgIpc) is 4.05. The van der Waals surface area contributed by atoms with Crippen LogP contribution in [0, 0.1) is 11.6 Å². The molecule has 8 aromatic rings. The summed E-state index contributed by atoms with van der Waals surface area (Å²) in [6.45, 7) is 6.28. The lowest BCUT2D eigenvalue weighted by molar-refractivity contribution is 0.122. The number of fused-ring (bicyclic) bond motifs is 2. The molecule has 20 heteroatoms. The highest BCUT2D eigenvalue weighted by atomic mass is 35.5. The molecule has 2 fully saturated rings. The third-order valence-electron chi connectivity index (χ3n) is 11.4. The quantitative estimate of drug-likeness (QED) is 0.0978. The molecule has 2 saturated heterocycles. The van der Waals surface area contributed by atoms with Gasteiger partial charge in [-0.05, 0) is 67.7 Å². The van der Waals surface area contributed by atoms with Crippen LogP contribution in [0.1, 0.15) is 44.7 Å². The van der Waals surface area contributed by atoms with E-state index in [4.69, 9.17) is 32.7 Å². The summed E-state index contributed by atoms with van der Waals surface area (Å²) >= 11 is 15.1. The number of aliphatic hydroxyl groups is 3. The lowest BCUT2D eigenvalue weighted by atomic mass is 10.0. The molecule has 0 amide bonds. The third kappa shape index (κ3) is 10.1. The highest BCUT2D eigenvalue weighted by Gasteiger charge is 2.25. The first-order valence-corrected chi connectivity index (χ1v) is 23.8. The Morgan fingerprint density at radius 1 is 0.657 bits per heavy atom. The number of hydrogen-bond donors (Lipinski definition) is 4. The predicted octanol–water partition coefficient (Wildman–Crippen LogP) is 8.14. The van der Waals surface area contributed by atoms with Gasteiger partial charge in [0.2, 0.25) is 0 Å². The van der Waals surface area contributed by atoms with E-state index in [9.17, 15) is 15.3 Å². The largest absolute Gasteiger partial charge is 0.390 e. The molecule has 346 valence electrons. The maximum atomic E-state index is 15.1. The van der Waals surface area contributed by atoms with E-state index in [1.165, 1.54) is 53.5 Å². The Morgan fingerprint density at radius 3 is 1.54 bits per heavy atom. The molecule has 4 aromatic carbocycles. The zero-order valence-electron chi connectivity index (χ0n) is 35.9. The summed E-state index contributed by atoms with van der Waals surface area (Å²) in [6.07, 6.45) is 0.585. The number of halogens is 4. The molecule has 14 nitrogen and oxygen atoms in total. The van der Waals surface area contributed by atoms with Crippen LogP contribution in [0.5, 0.6) is 0 Å². The molecular weight excluding hydrogens is 944 g/mol. The van der Waals surface area contributed by atoms with E-state index in [1.807, 2.05) is 48.8 Å². The van der Waals surface area contributed by atoms with Gasteiger partial charge in [-0.3, -0.25) is 0 Å². The zero-order chi connectivity index (χ0) is 46.6. The first kappa shape index (κ1) is 46.7. The molecule has 67 heavy (non-hydrogen) atoms. The molecule has 0 spiro atoms. The van der Waals surface area contributed by atoms with Crippen LogP contribution < -0.4 is 15.1 Å². The van der Waals surface area contributed by atoms with E-state index in [2.05, 4.69) is 45.0 Å². The highest BCUT2D eigenvalue weighted by molar-refractivity contribution is 7.10. The van der Waals surface area contributed by atoms with Crippen LogP contribution >= 0.6 is 45.9 Å². The number of benzene rings is 4. The van der Waals surface area contributed by atoms with Crippen molar-refractivity contribution in [2.45, 2.75) is 25.4 Å². The monoisotopic (exact) mass is 985 g/mol. The van der Waals surface area contributed by atoms with E-state index >= 15 is 8.78 Å². The minimum Gasteiger partial charge on any atom is -0.390 e. The molecule has 2 aliphatic heterocycles. The Hall–Kier alpha value is -5.38. The molecular formula is C47H43Cl2F2N9O5S2. The number of morpholine rings is 2. The van der Waals surface area contributed by atoms with Crippen molar-refractivity contribution in [1.82, 2.24) is 35.2 Å². The smallest absolute Gasteiger partial charge is 0.134 e. The van der Waals surface area contributed by atoms with Gasteiger partial charge in [0.15, 0.2) is 0 Å². The first-order chi connectivity index (χ1) is 32.6. The molecule has 2 unspecified atom stereocenters. The van der Waals surface area contributed by atoms with Gasteiger partial charge < -0.3 is 39.9 Å². The predicted molar refractivity (Wildman–Crippen MR) is 257 cm³/mol. The van der Waals surface area contributed by atoms with Crippen LogP contribution in [0.25, 0.3) is 44.3 Å². The molecule has 2 aliphatic rings. The lowest BCUT2D eigenvalue weighted by Gasteiger charge is -2.29. The van der Waals surface area contributed by atoms with Crippen LogP contribution in [-0.4, -0.2) is 105 Å². The van der Waals surface area contributed by atoms with E-state index in [1.54, 1.807) is 11.4 Å². The van der Waals surface area contributed by atoms with Crippen molar-refractivity contribution in [3.05, 3.63) is 138 Å². The van der Waals surface area contributed by atoms with Gasteiger partial charge in [0, 0.05) is 97.9 Å². The first-order valence-electron chi connectivity index (χ1n) is 21.2. The van der Waals surface area contributed by atoms with Gasteiger partial charge in [0.25, 0.3) is 0 Å². The number of rotatable bonds is 11. The molecule has 6 heterocycles. The fraction of sp³-hybridized carbons (Fsp3) is 0.277. The summed E-state index contributed by atoms with van der Waals surface area (Å²) in [4.78, 5) is 30.6. The summed E-state index contributed by atoms with van der Waals surface area (Å²) in [7, 11) is 1.83. The average molecular weight is 987 g/mol. The fourth-order valence-corrected chi connectivity index (χ4v) is 10.1. The van der Waals surface area contributed by atoms with Crippen LogP contribution in [0.3, 0.4) is 0 Å². The minimum absolute atomic E-state index is 0.0810. The van der Waals surface area contributed by atoms with E-state index in [0.29, 0.717) is 93.0 Å². The Kier molecular flexibility index (Phi) is 14.5. The molecule has 0 aliphatic carbocycles. The summed E-state index contributed by atoms with van der Waals surface area (Å²) in [6, 6.07) is 17.1. The number of anilines is 2. The maximum Gasteiger partial charge on any atom is 0.134 e. The number of hydrogen-bond acceptors (Lipinski definition) is 16. The van der Waals surface area contributed by atoms with Gasteiger partial charge in [0.05, 0.1) is 66.8 Å². The topological polar surface area (TPSA) is 175 Å². The Bertz CT molecular complexity index is 3040. The van der Waals surface area contributed by atoms with E-state index in [0.717, 1.165) is 43.2 Å². The zero-order valence-corrected chi connectivity index (χ0v) is 39.0. The Labute approximate surface area is 401 Å². The van der Waals surface area contributed by atoms with Gasteiger partial charge >= 0.3 is 0 Å². The second-order valence-electron chi connectivity index (χ2n) is 15.6. The van der Waals surface area contributed by atoms with Gasteiger partial charge in [-0.15, -0.1) is 22.7 Å². The number of nitrogens with one attached hydrogen (secondary N) is 1. The lowest BCUT2D eigenvalue weighted by Crippen LogP contribution is -2.36. The number of ether oxygens (including phenoxy) is 2. The Balaban J connectivity index is 0.000000168. The molecule has 0 bridgehead atoms. The van der Waals surface area contributed by atoms with Gasteiger partial charge in [-0.25, -0.2) is 38.7 Å². The molecule has 0 saturated carbocycles.